The number of benzene rings is 2. The molecule has 1 amide bonds. The zero-order valence-electron chi connectivity index (χ0n) is 15.8. The molecule has 0 bridgehead atoms. The van der Waals surface area contributed by atoms with Gasteiger partial charge in [-0.2, -0.15) is 5.26 Å². The van der Waals surface area contributed by atoms with Crippen LogP contribution < -0.4 is 9.64 Å². The first-order chi connectivity index (χ1) is 13.6. The van der Waals surface area contributed by atoms with Crippen molar-refractivity contribution >= 4 is 17.7 Å². The van der Waals surface area contributed by atoms with Crippen molar-refractivity contribution in [3.05, 3.63) is 59.7 Å². The number of nitriles is 1. The van der Waals surface area contributed by atoms with Crippen molar-refractivity contribution in [3.8, 4) is 17.6 Å². The second-order valence-electron chi connectivity index (χ2n) is 6.44. The third kappa shape index (κ3) is 4.44. The maximum atomic E-state index is 12.8. The fraction of sp³-hybridized carbons (Fsp3) is 0.273. The van der Waals surface area contributed by atoms with E-state index in [4.69, 9.17) is 4.74 Å². The molecule has 3 rings (SSSR count). The number of ether oxygens (including phenoxy) is 1. The zero-order valence-corrected chi connectivity index (χ0v) is 15.8. The van der Waals surface area contributed by atoms with Crippen molar-refractivity contribution in [2.24, 2.45) is 0 Å². The molecule has 1 heterocycles. The summed E-state index contributed by atoms with van der Waals surface area (Å²) in [6.45, 7) is 4.81. The third-order valence-corrected chi connectivity index (χ3v) is 4.63. The Balaban J connectivity index is 1.70. The van der Waals surface area contributed by atoms with Gasteiger partial charge in [-0.3, -0.25) is 4.79 Å². The summed E-state index contributed by atoms with van der Waals surface area (Å²) in [5.41, 5.74) is 1.84. The van der Waals surface area contributed by atoms with Gasteiger partial charge in [0, 0.05) is 31.9 Å². The molecule has 0 saturated carbocycles. The first kappa shape index (κ1) is 19.3. The highest BCUT2D eigenvalue weighted by Crippen LogP contribution is 2.28. The van der Waals surface area contributed by atoms with Crippen molar-refractivity contribution < 1.29 is 14.6 Å². The number of rotatable bonds is 5. The maximum absolute atomic E-state index is 12.8. The SMILES string of the molecule is CCOc1cc(/C=C(\C#N)C(=O)N2CCN(c3ccccc3)CC2)ccc1O. The van der Waals surface area contributed by atoms with Crippen molar-refractivity contribution in [1.29, 1.82) is 5.26 Å². The van der Waals surface area contributed by atoms with Crippen LogP contribution in [0.1, 0.15) is 12.5 Å². The minimum Gasteiger partial charge on any atom is -0.504 e. The van der Waals surface area contributed by atoms with Gasteiger partial charge in [0.05, 0.1) is 6.61 Å². The number of phenolic OH excluding ortho intramolecular Hbond substituents is 1. The van der Waals surface area contributed by atoms with E-state index in [2.05, 4.69) is 17.0 Å². The first-order valence-electron chi connectivity index (χ1n) is 9.29. The quantitative estimate of drug-likeness (QED) is 0.640. The average molecular weight is 377 g/mol. The molecule has 144 valence electrons. The third-order valence-electron chi connectivity index (χ3n) is 4.63. The Kier molecular flexibility index (Phi) is 6.18. The fourth-order valence-electron chi connectivity index (χ4n) is 3.18. The highest BCUT2D eigenvalue weighted by Gasteiger charge is 2.23. The van der Waals surface area contributed by atoms with Crippen LogP contribution in [-0.2, 0) is 4.79 Å². The van der Waals surface area contributed by atoms with Crippen LogP contribution in [0.5, 0.6) is 11.5 Å². The van der Waals surface area contributed by atoms with Crippen LogP contribution in [-0.4, -0.2) is 48.7 Å². The van der Waals surface area contributed by atoms with E-state index in [1.165, 1.54) is 12.1 Å². The lowest BCUT2D eigenvalue weighted by molar-refractivity contribution is -0.126. The van der Waals surface area contributed by atoms with Gasteiger partial charge in [-0.1, -0.05) is 24.3 Å². The number of aromatic hydroxyl groups is 1. The van der Waals surface area contributed by atoms with Gasteiger partial charge in [-0.25, -0.2) is 0 Å². The molecule has 0 atom stereocenters. The minimum absolute atomic E-state index is 0.0286. The summed E-state index contributed by atoms with van der Waals surface area (Å²) in [6.07, 6.45) is 1.54. The van der Waals surface area contributed by atoms with Gasteiger partial charge in [-0.15, -0.1) is 0 Å². The average Bonchev–Trinajstić information content (AvgIpc) is 2.74. The van der Waals surface area contributed by atoms with Crippen LogP contribution in [0.25, 0.3) is 6.08 Å². The molecule has 6 nitrogen and oxygen atoms in total. The molecule has 0 spiro atoms. The Labute approximate surface area is 164 Å². The van der Waals surface area contributed by atoms with Crippen LogP contribution in [0, 0.1) is 11.3 Å². The molecule has 1 aliphatic rings. The van der Waals surface area contributed by atoms with E-state index in [-0.39, 0.29) is 17.2 Å². The second kappa shape index (κ2) is 8.96. The lowest BCUT2D eigenvalue weighted by Gasteiger charge is -2.36. The molecule has 0 unspecified atom stereocenters. The lowest BCUT2D eigenvalue weighted by Crippen LogP contribution is -2.49. The van der Waals surface area contributed by atoms with Crippen LogP contribution in [0.3, 0.4) is 0 Å². The number of carbonyl (C=O) groups is 1. The van der Waals surface area contributed by atoms with Crippen LogP contribution in [0.2, 0.25) is 0 Å². The summed E-state index contributed by atoms with van der Waals surface area (Å²) in [6, 6.07) is 16.9. The number of piperazine rings is 1. The maximum Gasteiger partial charge on any atom is 0.264 e. The summed E-state index contributed by atoms with van der Waals surface area (Å²) < 4.78 is 5.36. The van der Waals surface area contributed by atoms with Gasteiger partial charge in [0.1, 0.15) is 11.6 Å². The topological polar surface area (TPSA) is 76.8 Å². The standard InChI is InChI=1S/C22H23N3O3/c1-2-28-21-15-17(8-9-20(21)26)14-18(16-23)22(27)25-12-10-24(11-13-25)19-6-4-3-5-7-19/h3-9,14-15,26H,2,10-13H2,1H3/b18-14+. The van der Waals surface area contributed by atoms with Gasteiger partial charge >= 0.3 is 0 Å². The zero-order chi connectivity index (χ0) is 19.9. The van der Waals surface area contributed by atoms with E-state index in [0.717, 1.165) is 18.8 Å². The number of amides is 1. The number of carbonyl (C=O) groups excluding carboxylic acids is 1. The molecule has 2 aromatic carbocycles. The number of anilines is 1. The highest BCUT2D eigenvalue weighted by atomic mass is 16.5. The minimum atomic E-state index is -0.277. The molecular weight excluding hydrogens is 354 g/mol. The van der Waals surface area contributed by atoms with Gasteiger partial charge in [0.2, 0.25) is 0 Å². The van der Waals surface area contributed by atoms with Crippen molar-refractivity contribution in [1.82, 2.24) is 4.90 Å². The van der Waals surface area contributed by atoms with E-state index in [1.54, 1.807) is 17.0 Å². The van der Waals surface area contributed by atoms with Crippen molar-refractivity contribution in [3.63, 3.8) is 0 Å². The Morgan fingerprint density at radius 2 is 1.89 bits per heavy atom. The summed E-state index contributed by atoms with van der Waals surface area (Å²) in [5, 5.41) is 19.3. The van der Waals surface area contributed by atoms with Crippen LogP contribution >= 0.6 is 0 Å². The second-order valence-corrected chi connectivity index (χ2v) is 6.44. The number of phenols is 1. The molecule has 2 aromatic rings. The van der Waals surface area contributed by atoms with E-state index in [9.17, 15) is 15.2 Å². The molecule has 0 aliphatic carbocycles. The molecule has 0 aromatic heterocycles. The normalized spacial score (nSPS) is 14.5. The lowest BCUT2D eigenvalue weighted by atomic mass is 10.1. The van der Waals surface area contributed by atoms with Crippen LogP contribution in [0.15, 0.2) is 54.1 Å². The Morgan fingerprint density at radius 1 is 1.18 bits per heavy atom. The van der Waals surface area contributed by atoms with E-state index in [0.29, 0.717) is 31.0 Å². The Morgan fingerprint density at radius 3 is 2.54 bits per heavy atom. The summed E-state index contributed by atoms with van der Waals surface area (Å²) >= 11 is 0. The molecule has 28 heavy (non-hydrogen) atoms. The molecule has 1 aliphatic heterocycles. The van der Waals surface area contributed by atoms with Gasteiger partial charge in [-0.05, 0) is 42.8 Å². The molecule has 0 radical (unpaired) electrons. The smallest absolute Gasteiger partial charge is 0.264 e. The molecule has 1 N–H and O–H groups in total. The highest BCUT2D eigenvalue weighted by molar-refractivity contribution is 6.01. The van der Waals surface area contributed by atoms with Crippen molar-refractivity contribution in [2.45, 2.75) is 6.92 Å². The van der Waals surface area contributed by atoms with E-state index < -0.39 is 0 Å². The monoisotopic (exact) mass is 377 g/mol. The predicted octanol–water partition coefficient (Wildman–Crippen LogP) is 3.05. The predicted molar refractivity (Wildman–Crippen MR) is 108 cm³/mol. The van der Waals surface area contributed by atoms with Gasteiger partial charge < -0.3 is 19.6 Å². The summed E-state index contributed by atoms with van der Waals surface area (Å²) in [4.78, 5) is 16.7. The number of nitrogens with zero attached hydrogens (tertiary/aromatic N) is 3. The number of hydrogen-bond acceptors (Lipinski definition) is 5. The number of para-hydroxylation sites is 1. The Bertz CT molecular complexity index is 895. The largest absolute Gasteiger partial charge is 0.504 e. The van der Waals surface area contributed by atoms with Gasteiger partial charge in [0.15, 0.2) is 11.5 Å². The van der Waals surface area contributed by atoms with Crippen molar-refractivity contribution in [2.75, 3.05) is 37.7 Å². The molecule has 6 heteroatoms. The molecule has 1 saturated heterocycles. The van der Waals surface area contributed by atoms with E-state index >= 15 is 0 Å². The number of hydrogen-bond donors (Lipinski definition) is 1. The van der Waals surface area contributed by atoms with Gasteiger partial charge in [0.25, 0.3) is 5.91 Å². The van der Waals surface area contributed by atoms with Crippen LogP contribution in [0.4, 0.5) is 5.69 Å². The first-order valence-corrected chi connectivity index (χ1v) is 9.29. The Hall–Kier alpha value is -3.46. The van der Waals surface area contributed by atoms with E-state index in [1.807, 2.05) is 31.2 Å². The summed E-state index contributed by atoms with van der Waals surface area (Å²) in [5.74, 6) is 0.0829. The molecular formula is C22H23N3O3. The summed E-state index contributed by atoms with van der Waals surface area (Å²) in [7, 11) is 0. The molecule has 1 fully saturated rings. The fourth-order valence-corrected chi connectivity index (χ4v) is 3.18.